The Morgan fingerprint density at radius 1 is 1.26 bits per heavy atom. The molecule has 0 spiro atoms. The number of hydrogen-bond acceptors (Lipinski definition) is 2. The summed E-state index contributed by atoms with van der Waals surface area (Å²) in [5.41, 5.74) is -0.780. The van der Waals surface area contributed by atoms with Gasteiger partial charge in [0, 0.05) is 18.0 Å². The standard InChI is InChI=1S/C12H11F4NO.ClH/c13-8-3-6(12(14,15)16)4-10-11(8)9-5-7(18-10)1-2-17-9;/h3-4,7,9,17H,1-2,5H2;1H/t7-,9+;/m0./s1. The van der Waals surface area contributed by atoms with E-state index in [1.54, 1.807) is 0 Å². The average Bonchev–Trinajstić information content (AvgIpc) is 2.26. The van der Waals surface area contributed by atoms with Crippen LogP contribution in [0.2, 0.25) is 0 Å². The second kappa shape index (κ2) is 4.83. The van der Waals surface area contributed by atoms with Crippen molar-refractivity contribution in [1.82, 2.24) is 5.32 Å². The summed E-state index contributed by atoms with van der Waals surface area (Å²) in [5, 5.41) is 3.10. The number of fused-ring (bicyclic) bond motifs is 4. The van der Waals surface area contributed by atoms with Crippen LogP contribution in [0.1, 0.15) is 30.0 Å². The maximum absolute atomic E-state index is 13.8. The number of alkyl halides is 3. The van der Waals surface area contributed by atoms with Crippen molar-refractivity contribution in [2.45, 2.75) is 31.2 Å². The van der Waals surface area contributed by atoms with Gasteiger partial charge in [0.15, 0.2) is 0 Å². The Hall–Kier alpha value is -1.01. The first kappa shape index (κ1) is 14.4. The smallest absolute Gasteiger partial charge is 0.416 e. The minimum Gasteiger partial charge on any atom is -0.490 e. The minimum atomic E-state index is -4.56. The van der Waals surface area contributed by atoms with Crippen molar-refractivity contribution in [1.29, 1.82) is 0 Å². The Morgan fingerprint density at radius 3 is 2.68 bits per heavy atom. The van der Waals surface area contributed by atoms with Crippen LogP contribution in [0.4, 0.5) is 17.6 Å². The van der Waals surface area contributed by atoms with Gasteiger partial charge in [-0.3, -0.25) is 0 Å². The molecule has 0 unspecified atom stereocenters. The van der Waals surface area contributed by atoms with Gasteiger partial charge in [0.25, 0.3) is 0 Å². The van der Waals surface area contributed by atoms with Crippen molar-refractivity contribution in [2.75, 3.05) is 6.54 Å². The van der Waals surface area contributed by atoms with Gasteiger partial charge in [0.2, 0.25) is 0 Å². The lowest BCUT2D eigenvalue weighted by Gasteiger charge is -2.37. The molecule has 1 fully saturated rings. The van der Waals surface area contributed by atoms with Gasteiger partial charge in [-0.15, -0.1) is 12.4 Å². The predicted molar refractivity (Wildman–Crippen MR) is 63.0 cm³/mol. The van der Waals surface area contributed by atoms with Crippen molar-refractivity contribution in [3.05, 3.63) is 29.1 Å². The number of nitrogens with one attached hydrogen (secondary N) is 1. The molecule has 1 N–H and O–H groups in total. The van der Waals surface area contributed by atoms with Crippen LogP contribution >= 0.6 is 12.4 Å². The van der Waals surface area contributed by atoms with E-state index in [1.165, 1.54) is 0 Å². The first-order chi connectivity index (χ1) is 8.45. The minimum absolute atomic E-state index is 0. The van der Waals surface area contributed by atoms with Gasteiger partial charge < -0.3 is 10.1 Å². The van der Waals surface area contributed by atoms with Gasteiger partial charge in [-0.05, 0) is 25.1 Å². The van der Waals surface area contributed by atoms with Gasteiger partial charge in [0.1, 0.15) is 17.7 Å². The zero-order chi connectivity index (χ0) is 12.9. The zero-order valence-corrected chi connectivity index (χ0v) is 10.6. The Morgan fingerprint density at radius 2 is 2.00 bits per heavy atom. The normalized spacial score (nSPS) is 25.1. The number of hydrogen-bond donors (Lipinski definition) is 1. The maximum atomic E-state index is 13.8. The van der Waals surface area contributed by atoms with Crippen LogP contribution < -0.4 is 10.1 Å². The molecule has 0 radical (unpaired) electrons. The highest BCUT2D eigenvalue weighted by Crippen LogP contribution is 2.42. The van der Waals surface area contributed by atoms with Crippen LogP contribution in [-0.4, -0.2) is 12.6 Å². The average molecular weight is 298 g/mol. The number of piperidine rings is 1. The van der Waals surface area contributed by atoms with E-state index in [2.05, 4.69) is 5.32 Å². The van der Waals surface area contributed by atoms with Crippen LogP contribution in [0.15, 0.2) is 12.1 Å². The Balaban J connectivity index is 0.00000133. The van der Waals surface area contributed by atoms with Crippen molar-refractivity contribution in [3.63, 3.8) is 0 Å². The summed E-state index contributed by atoms with van der Waals surface area (Å²) in [7, 11) is 0. The molecule has 2 aliphatic rings. The third-order valence-electron chi connectivity index (χ3n) is 3.42. The number of ether oxygens (including phenoxy) is 1. The lowest BCUT2D eigenvalue weighted by Crippen LogP contribution is -2.41. The van der Waals surface area contributed by atoms with E-state index in [0.29, 0.717) is 19.0 Å². The van der Waals surface area contributed by atoms with Gasteiger partial charge in [-0.2, -0.15) is 13.2 Å². The monoisotopic (exact) mass is 297 g/mol. The largest absolute Gasteiger partial charge is 0.490 e. The fourth-order valence-corrected chi connectivity index (χ4v) is 2.58. The van der Waals surface area contributed by atoms with Crippen molar-refractivity contribution >= 4 is 12.4 Å². The molecule has 0 aliphatic carbocycles. The third-order valence-corrected chi connectivity index (χ3v) is 3.42. The van der Waals surface area contributed by atoms with Gasteiger partial charge in [0.05, 0.1) is 5.56 Å². The van der Waals surface area contributed by atoms with Gasteiger partial charge in [-0.1, -0.05) is 0 Å². The first-order valence-corrected chi connectivity index (χ1v) is 5.76. The fourth-order valence-electron chi connectivity index (χ4n) is 2.58. The topological polar surface area (TPSA) is 21.3 Å². The molecule has 106 valence electrons. The molecule has 1 aromatic rings. The van der Waals surface area contributed by atoms with Crippen molar-refractivity contribution < 1.29 is 22.3 Å². The van der Waals surface area contributed by atoms with Crippen molar-refractivity contribution in [3.8, 4) is 5.75 Å². The second-order valence-electron chi connectivity index (χ2n) is 4.64. The summed E-state index contributed by atoms with van der Waals surface area (Å²) < 4.78 is 57.0. The van der Waals surface area contributed by atoms with Crippen LogP contribution in [0.25, 0.3) is 0 Å². The zero-order valence-electron chi connectivity index (χ0n) is 9.76. The first-order valence-electron chi connectivity index (χ1n) is 5.76. The lowest BCUT2D eigenvalue weighted by atomic mass is 9.90. The number of benzene rings is 1. The van der Waals surface area contributed by atoms with E-state index >= 15 is 0 Å². The predicted octanol–water partition coefficient (Wildman–Crippen LogP) is 3.45. The molecule has 19 heavy (non-hydrogen) atoms. The van der Waals surface area contributed by atoms with Crippen LogP contribution in [-0.2, 0) is 6.18 Å². The van der Waals surface area contributed by atoms with E-state index < -0.39 is 17.6 Å². The quantitative estimate of drug-likeness (QED) is 0.741. The Bertz CT molecular complexity index is 491. The van der Waals surface area contributed by atoms with Crippen LogP contribution in [0.3, 0.4) is 0 Å². The van der Waals surface area contributed by atoms with E-state index in [1.807, 2.05) is 0 Å². The third kappa shape index (κ3) is 2.51. The summed E-state index contributed by atoms with van der Waals surface area (Å²) in [6, 6.07) is 1.19. The highest BCUT2D eigenvalue weighted by molar-refractivity contribution is 5.85. The molecule has 0 saturated carbocycles. The number of halogens is 5. The molecule has 7 heteroatoms. The van der Waals surface area contributed by atoms with E-state index in [9.17, 15) is 17.6 Å². The van der Waals surface area contributed by atoms with E-state index in [4.69, 9.17) is 4.74 Å². The van der Waals surface area contributed by atoms with E-state index in [0.717, 1.165) is 12.5 Å². The van der Waals surface area contributed by atoms with Crippen LogP contribution in [0.5, 0.6) is 5.75 Å². The van der Waals surface area contributed by atoms with Crippen molar-refractivity contribution in [2.24, 2.45) is 0 Å². The molecule has 2 heterocycles. The summed E-state index contributed by atoms with van der Waals surface area (Å²) >= 11 is 0. The summed E-state index contributed by atoms with van der Waals surface area (Å²) in [6.07, 6.45) is -3.34. The summed E-state index contributed by atoms with van der Waals surface area (Å²) in [6.45, 7) is 0.690. The van der Waals surface area contributed by atoms with Gasteiger partial charge >= 0.3 is 6.18 Å². The highest BCUT2D eigenvalue weighted by atomic mass is 35.5. The molecular weight excluding hydrogens is 286 g/mol. The van der Waals surface area contributed by atoms with Crippen LogP contribution in [0, 0.1) is 5.82 Å². The maximum Gasteiger partial charge on any atom is 0.416 e. The molecule has 3 rings (SSSR count). The second-order valence-corrected chi connectivity index (χ2v) is 4.64. The lowest BCUT2D eigenvalue weighted by molar-refractivity contribution is -0.138. The molecule has 1 aromatic carbocycles. The molecule has 0 aromatic heterocycles. The molecule has 2 aliphatic heterocycles. The fraction of sp³-hybridized carbons (Fsp3) is 0.500. The Kier molecular flexibility index (Phi) is 3.66. The SMILES string of the molecule is Cl.Fc1cc(C(F)(F)F)cc2c1[C@H]1C[C@H](CCN1)O2. The molecule has 1 saturated heterocycles. The Labute approximate surface area is 113 Å². The summed E-state index contributed by atoms with van der Waals surface area (Å²) in [4.78, 5) is 0. The summed E-state index contributed by atoms with van der Waals surface area (Å²) in [5.74, 6) is -0.826. The van der Waals surface area contributed by atoms with E-state index in [-0.39, 0.29) is 35.9 Å². The number of rotatable bonds is 0. The highest BCUT2D eigenvalue weighted by Gasteiger charge is 2.38. The molecular formula is C12H12ClF4NO. The molecule has 2 bridgehead atoms. The van der Waals surface area contributed by atoms with Gasteiger partial charge in [-0.25, -0.2) is 4.39 Å². The molecule has 2 atom stereocenters. The molecule has 0 amide bonds. The molecule has 2 nitrogen and oxygen atoms in total.